The van der Waals surface area contributed by atoms with Crippen LogP contribution in [0.3, 0.4) is 0 Å². The summed E-state index contributed by atoms with van der Waals surface area (Å²) >= 11 is 12.0. The molecule has 0 saturated carbocycles. The van der Waals surface area contributed by atoms with Crippen LogP contribution in [0.15, 0.2) is 27.6 Å². The molecular weight excluding hydrogens is 399 g/mol. The largest absolute Gasteiger partial charge is 0.338 e. The molecule has 0 aliphatic carbocycles. The summed E-state index contributed by atoms with van der Waals surface area (Å²) in [6, 6.07) is 4.38. The highest BCUT2D eigenvalue weighted by Crippen LogP contribution is 2.29. The van der Waals surface area contributed by atoms with Crippen LogP contribution in [0.1, 0.15) is 31.6 Å². The van der Waals surface area contributed by atoms with Crippen molar-refractivity contribution in [3.63, 3.8) is 0 Å². The second-order valence-electron chi connectivity index (χ2n) is 6.09. The maximum Gasteiger partial charge on any atom is 0.244 e. The third kappa shape index (κ3) is 3.89. The summed E-state index contributed by atoms with van der Waals surface area (Å²) in [6.07, 6.45) is 0.711. The molecule has 0 amide bonds. The Bertz CT molecular complexity index is 879. The summed E-state index contributed by atoms with van der Waals surface area (Å²) in [5.74, 6) is 1.22. The summed E-state index contributed by atoms with van der Waals surface area (Å²) in [7, 11) is -3.69. The van der Waals surface area contributed by atoms with Crippen LogP contribution in [0.25, 0.3) is 0 Å². The number of sulfonamides is 1. The second-order valence-corrected chi connectivity index (χ2v) is 8.84. The van der Waals surface area contributed by atoms with Crippen molar-refractivity contribution in [2.45, 2.75) is 31.2 Å². The fraction of sp³-hybridized carbons (Fsp3) is 0.500. The van der Waals surface area contributed by atoms with Gasteiger partial charge < -0.3 is 4.52 Å². The highest BCUT2D eigenvalue weighted by Gasteiger charge is 2.33. The van der Waals surface area contributed by atoms with Gasteiger partial charge in [-0.3, -0.25) is 4.90 Å². The third-order valence-corrected chi connectivity index (χ3v) is 7.10. The number of halogens is 2. The van der Waals surface area contributed by atoms with Gasteiger partial charge in [-0.15, -0.1) is 0 Å². The quantitative estimate of drug-likeness (QED) is 0.742. The van der Waals surface area contributed by atoms with Gasteiger partial charge in [0.25, 0.3) is 0 Å². The maximum absolute atomic E-state index is 12.9. The van der Waals surface area contributed by atoms with Gasteiger partial charge in [-0.2, -0.15) is 9.29 Å². The van der Waals surface area contributed by atoms with E-state index in [-0.39, 0.29) is 16.0 Å². The van der Waals surface area contributed by atoms with Crippen molar-refractivity contribution in [3.8, 4) is 0 Å². The summed E-state index contributed by atoms with van der Waals surface area (Å²) in [5, 5.41) is 4.42. The fourth-order valence-electron chi connectivity index (χ4n) is 2.88. The van der Waals surface area contributed by atoms with Crippen molar-refractivity contribution < 1.29 is 12.9 Å². The predicted octanol–water partition coefficient (Wildman–Crippen LogP) is 3.01. The number of hydrogen-bond acceptors (Lipinski definition) is 6. The molecule has 0 bridgehead atoms. The van der Waals surface area contributed by atoms with Gasteiger partial charge in [0, 0.05) is 37.6 Å². The Kier molecular flexibility index (Phi) is 5.88. The first-order chi connectivity index (χ1) is 12.3. The number of piperazine rings is 1. The molecule has 0 N–H and O–H groups in total. The molecule has 142 valence electrons. The molecule has 2 heterocycles. The molecule has 0 unspecified atom stereocenters. The van der Waals surface area contributed by atoms with Crippen LogP contribution in [-0.2, 0) is 16.4 Å². The van der Waals surface area contributed by atoms with Crippen LogP contribution in [0.4, 0.5) is 0 Å². The zero-order chi connectivity index (χ0) is 18.9. The van der Waals surface area contributed by atoms with Crippen LogP contribution in [-0.4, -0.2) is 53.9 Å². The van der Waals surface area contributed by atoms with Gasteiger partial charge in [0.15, 0.2) is 5.82 Å². The lowest BCUT2D eigenvalue weighted by atomic mass is 10.2. The highest BCUT2D eigenvalue weighted by molar-refractivity contribution is 7.89. The maximum atomic E-state index is 12.9. The average Bonchev–Trinajstić information content (AvgIpc) is 3.12. The third-order valence-electron chi connectivity index (χ3n) is 4.49. The first kappa shape index (κ1) is 19.6. The van der Waals surface area contributed by atoms with E-state index < -0.39 is 10.0 Å². The molecule has 1 saturated heterocycles. The van der Waals surface area contributed by atoms with Gasteiger partial charge in [-0.25, -0.2) is 8.42 Å². The fourth-order valence-corrected chi connectivity index (χ4v) is 5.04. The van der Waals surface area contributed by atoms with Crippen molar-refractivity contribution in [1.29, 1.82) is 0 Å². The van der Waals surface area contributed by atoms with E-state index in [1.54, 1.807) is 6.07 Å². The van der Waals surface area contributed by atoms with Gasteiger partial charge in [-0.05, 0) is 25.1 Å². The summed E-state index contributed by atoms with van der Waals surface area (Å²) < 4.78 is 32.5. The molecule has 26 heavy (non-hydrogen) atoms. The molecule has 1 aliphatic heterocycles. The highest BCUT2D eigenvalue weighted by atomic mass is 35.5. The number of benzene rings is 1. The van der Waals surface area contributed by atoms with E-state index >= 15 is 0 Å². The molecule has 1 aromatic carbocycles. The Morgan fingerprint density at radius 2 is 1.92 bits per heavy atom. The van der Waals surface area contributed by atoms with Crippen molar-refractivity contribution in [3.05, 3.63) is 40.0 Å². The van der Waals surface area contributed by atoms with Crippen LogP contribution in [0.2, 0.25) is 10.0 Å². The number of hydrogen-bond donors (Lipinski definition) is 0. The minimum absolute atomic E-state index is 0.0395. The van der Waals surface area contributed by atoms with Crippen LogP contribution in [0, 0.1) is 0 Å². The molecule has 1 fully saturated rings. The Hall–Kier alpha value is -1.19. The lowest BCUT2D eigenvalue weighted by Gasteiger charge is -2.36. The minimum Gasteiger partial charge on any atom is -0.338 e. The van der Waals surface area contributed by atoms with E-state index in [1.807, 2.05) is 13.8 Å². The molecular formula is C16H20Cl2N4O3S. The molecule has 1 aromatic heterocycles. The molecule has 0 spiro atoms. The van der Waals surface area contributed by atoms with Gasteiger partial charge in [0.1, 0.15) is 4.90 Å². The molecule has 1 atom stereocenters. The lowest BCUT2D eigenvalue weighted by molar-refractivity contribution is 0.124. The number of rotatable bonds is 5. The topological polar surface area (TPSA) is 79.5 Å². The van der Waals surface area contributed by atoms with Gasteiger partial charge in [0.2, 0.25) is 15.9 Å². The van der Waals surface area contributed by atoms with E-state index in [4.69, 9.17) is 27.7 Å². The molecule has 7 nitrogen and oxygen atoms in total. The van der Waals surface area contributed by atoms with Crippen molar-refractivity contribution >= 4 is 33.2 Å². The lowest BCUT2D eigenvalue weighted by Crippen LogP contribution is -2.49. The van der Waals surface area contributed by atoms with Crippen molar-refractivity contribution in [2.24, 2.45) is 0 Å². The Morgan fingerprint density at radius 1 is 1.23 bits per heavy atom. The van der Waals surface area contributed by atoms with Gasteiger partial charge in [0.05, 0.1) is 11.1 Å². The zero-order valence-electron chi connectivity index (χ0n) is 14.5. The Labute approximate surface area is 162 Å². The van der Waals surface area contributed by atoms with Gasteiger partial charge in [-0.1, -0.05) is 35.3 Å². The number of nitrogens with zero attached hydrogens (tertiary/aromatic N) is 4. The first-order valence-corrected chi connectivity index (χ1v) is 10.5. The number of aryl methyl sites for hydroxylation is 1. The van der Waals surface area contributed by atoms with Gasteiger partial charge >= 0.3 is 0 Å². The Morgan fingerprint density at radius 3 is 2.54 bits per heavy atom. The second kappa shape index (κ2) is 7.82. The van der Waals surface area contributed by atoms with Crippen LogP contribution < -0.4 is 0 Å². The SMILES string of the molecule is CCc1noc([C@H](C)N2CCN(S(=O)(=O)c3cc(Cl)ccc3Cl)CC2)n1. The number of aromatic nitrogens is 2. The zero-order valence-corrected chi connectivity index (χ0v) is 16.9. The van der Waals surface area contributed by atoms with Crippen LogP contribution >= 0.6 is 23.2 Å². The van der Waals surface area contributed by atoms with Crippen molar-refractivity contribution in [1.82, 2.24) is 19.3 Å². The summed E-state index contributed by atoms with van der Waals surface area (Å²) in [5.41, 5.74) is 0. The van der Waals surface area contributed by atoms with Crippen molar-refractivity contribution in [2.75, 3.05) is 26.2 Å². The molecule has 0 radical (unpaired) electrons. The Balaban J connectivity index is 1.70. The van der Waals surface area contributed by atoms with E-state index in [9.17, 15) is 8.42 Å². The normalized spacial score (nSPS) is 18.2. The smallest absolute Gasteiger partial charge is 0.244 e. The average molecular weight is 419 g/mol. The standard InChI is InChI=1S/C16H20Cl2N4O3S/c1-3-15-19-16(25-20-15)11(2)21-6-8-22(9-7-21)26(23,24)14-10-12(17)4-5-13(14)18/h4-5,10-11H,3,6-9H2,1-2H3/t11-/m0/s1. The molecule has 1 aliphatic rings. The summed E-state index contributed by atoms with van der Waals surface area (Å²) in [6.45, 7) is 5.76. The summed E-state index contributed by atoms with van der Waals surface area (Å²) in [4.78, 5) is 6.52. The van der Waals surface area contributed by atoms with E-state index in [0.717, 1.165) is 0 Å². The molecule has 10 heteroatoms. The predicted molar refractivity (Wildman–Crippen MR) is 98.9 cm³/mol. The van der Waals surface area contributed by atoms with E-state index in [2.05, 4.69) is 15.0 Å². The molecule has 2 aromatic rings. The van der Waals surface area contributed by atoms with E-state index in [0.29, 0.717) is 49.3 Å². The monoisotopic (exact) mass is 418 g/mol. The minimum atomic E-state index is -3.69. The first-order valence-electron chi connectivity index (χ1n) is 8.34. The molecule has 3 rings (SSSR count). The van der Waals surface area contributed by atoms with E-state index in [1.165, 1.54) is 16.4 Å². The van der Waals surface area contributed by atoms with Crippen LogP contribution in [0.5, 0.6) is 0 Å².